The number of hydrogen-bond donors (Lipinski definition) is 1. The summed E-state index contributed by atoms with van der Waals surface area (Å²) >= 11 is 6.14. The number of esters is 1. The van der Waals surface area contributed by atoms with Crippen molar-refractivity contribution in [2.75, 3.05) is 31.4 Å². The maximum atomic E-state index is 13.9. The molecule has 9 nitrogen and oxygen atoms in total. The maximum absolute atomic E-state index is 13.9. The summed E-state index contributed by atoms with van der Waals surface area (Å²) in [5, 5.41) is 3.36. The zero-order valence-corrected chi connectivity index (χ0v) is 24.1. The topological polar surface area (TPSA) is 113 Å². The van der Waals surface area contributed by atoms with Gasteiger partial charge in [-0.1, -0.05) is 56.1 Å². The molecule has 2 aliphatic rings. The van der Waals surface area contributed by atoms with Crippen molar-refractivity contribution in [1.82, 2.24) is 10.2 Å². The number of benzene rings is 2. The number of amides is 3. The fourth-order valence-corrected chi connectivity index (χ4v) is 6.60. The van der Waals surface area contributed by atoms with Crippen molar-refractivity contribution in [3.05, 3.63) is 59.1 Å². The van der Waals surface area contributed by atoms with Crippen molar-refractivity contribution in [2.45, 2.75) is 50.1 Å². The van der Waals surface area contributed by atoms with Crippen LogP contribution in [0.4, 0.5) is 10.5 Å². The van der Waals surface area contributed by atoms with Crippen molar-refractivity contribution in [3.63, 3.8) is 0 Å². The van der Waals surface area contributed by atoms with Gasteiger partial charge < -0.3 is 19.9 Å². The summed E-state index contributed by atoms with van der Waals surface area (Å²) in [6.45, 7) is 4.42. The number of methoxy groups -OCH3 is 1. The van der Waals surface area contributed by atoms with Gasteiger partial charge in [0.25, 0.3) is 0 Å². The summed E-state index contributed by atoms with van der Waals surface area (Å²) < 4.78 is 30.0. The smallest absolute Gasteiger partial charge is 0.328 e. The number of β-lactam (4-membered cyclic amide) rings is 1. The molecule has 0 aliphatic carbocycles. The average Bonchev–Trinajstić information content (AvgIpc) is 2.93. The van der Waals surface area contributed by atoms with Gasteiger partial charge in [0, 0.05) is 24.4 Å². The van der Waals surface area contributed by atoms with Gasteiger partial charge in [-0.2, -0.15) is 0 Å². The third kappa shape index (κ3) is 5.36. The molecule has 4 rings (SSSR count). The molecule has 1 N–H and O–H groups in total. The third-order valence-corrected chi connectivity index (χ3v) is 9.42. The minimum absolute atomic E-state index is 0.0860. The molecule has 11 heteroatoms. The lowest BCUT2D eigenvalue weighted by Crippen LogP contribution is -2.67. The molecule has 1 unspecified atom stereocenters. The molecule has 2 aliphatic heterocycles. The number of para-hydroxylation sites is 1. The Morgan fingerprint density at radius 1 is 1.13 bits per heavy atom. The van der Waals surface area contributed by atoms with E-state index in [1.165, 1.54) is 13.2 Å². The minimum atomic E-state index is -3.60. The molecule has 1 spiro atoms. The van der Waals surface area contributed by atoms with Gasteiger partial charge in [-0.25, -0.2) is 18.0 Å². The SMILES string of the molecule is CC[C@@H](C)[C@@H](NC(=O)N1CCC2(CC1)C(=O)N(c1ccccc1S(C)(=O)=O)C2c1ccc(Cl)cc1)C(=O)OC. The average molecular weight is 576 g/mol. The number of sulfone groups is 1. The number of nitrogens with one attached hydrogen (secondary N) is 1. The van der Waals surface area contributed by atoms with Gasteiger partial charge in [-0.3, -0.25) is 4.79 Å². The van der Waals surface area contributed by atoms with Crippen molar-refractivity contribution < 1.29 is 27.5 Å². The summed E-state index contributed by atoms with van der Waals surface area (Å²) in [5.74, 6) is -0.780. The standard InChI is InChI=1S/C28H34ClN3O6S/c1-5-18(2)23(25(33)38-3)30-27(35)31-16-14-28(15-17-31)24(19-10-12-20(29)13-11-19)32(26(28)34)21-8-6-7-9-22(21)39(4,36)37/h6-13,18,23-24H,5,14-17H2,1-4H3,(H,30,35)/t18-,23-,24?/m1/s1. The molecule has 2 aromatic carbocycles. The fraction of sp³-hybridized carbons (Fsp3) is 0.464. The highest BCUT2D eigenvalue weighted by Crippen LogP contribution is 2.58. The molecule has 0 aromatic heterocycles. The Hall–Kier alpha value is -3.11. The van der Waals surface area contributed by atoms with Gasteiger partial charge in [0.05, 0.1) is 29.1 Å². The highest BCUT2D eigenvalue weighted by Gasteiger charge is 2.62. The van der Waals surface area contributed by atoms with Crippen LogP contribution in [0.15, 0.2) is 53.4 Å². The van der Waals surface area contributed by atoms with E-state index in [0.29, 0.717) is 43.1 Å². The number of halogens is 1. The van der Waals surface area contributed by atoms with E-state index in [-0.39, 0.29) is 22.8 Å². The van der Waals surface area contributed by atoms with E-state index >= 15 is 0 Å². The first-order chi connectivity index (χ1) is 18.4. The van der Waals surface area contributed by atoms with Crippen LogP contribution >= 0.6 is 11.6 Å². The number of carbonyl (C=O) groups excluding carboxylic acids is 3. The predicted molar refractivity (Wildman–Crippen MR) is 148 cm³/mol. The van der Waals surface area contributed by atoms with Crippen LogP contribution in [-0.2, 0) is 24.2 Å². The Bertz CT molecular complexity index is 1360. The van der Waals surface area contributed by atoms with E-state index in [2.05, 4.69) is 5.32 Å². The van der Waals surface area contributed by atoms with Crippen LogP contribution < -0.4 is 10.2 Å². The fourth-order valence-electron chi connectivity index (χ4n) is 5.60. The second-order valence-electron chi connectivity index (χ2n) is 10.3. The quantitative estimate of drug-likeness (QED) is 0.391. The van der Waals surface area contributed by atoms with Crippen LogP contribution in [0.1, 0.15) is 44.7 Å². The van der Waals surface area contributed by atoms with Gasteiger partial charge in [0.15, 0.2) is 9.84 Å². The zero-order valence-electron chi connectivity index (χ0n) is 22.5. The van der Waals surface area contributed by atoms with Crippen molar-refractivity contribution in [2.24, 2.45) is 11.3 Å². The predicted octanol–water partition coefficient (Wildman–Crippen LogP) is 4.21. The van der Waals surface area contributed by atoms with E-state index < -0.39 is 33.3 Å². The Balaban J connectivity index is 1.61. The summed E-state index contributed by atoms with van der Waals surface area (Å²) in [5.41, 5.74) is 0.362. The Labute approximate surface area is 234 Å². The van der Waals surface area contributed by atoms with Gasteiger partial charge >= 0.3 is 12.0 Å². The molecule has 2 aromatic rings. The van der Waals surface area contributed by atoms with Crippen molar-refractivity contribution >= 4 is 45.0 Å². The third-order valence-electron chi connectivity index (χ3n) is 8.03. The van der Waals surface area contributed by atoms with Gasteiger partial charge in [0.2, 0.25) is 5.91 Å². The number of piperidine rings is 1. The number of anilines is 1. The highest BCUT2D eigenvalue weighted by molar-refractivity contribution is 7.90. The lowest BCUT2D eigenvalue weighted by Gasteiger charge is -2.59. The molecule has 3 amide bonds. The number of nitrogens with zero attached hydrogens (tertiary/aromatic N) is 2. The molecule has 2 heterocycles. The van der Waals surface area contributed by atoms with Crippen LogP contribution in [0.2, 0.25) is 5.02 Å². The number of carbonyl (C=O) groups is 3. The normalized spacial score (nSPS) is 20.2. The molecule has 0 bridgehead atoms. The zero-order chi connectivity index (χ0) is 28.5. The number of rotatable bonds is 7. The Kier molecular flexibility index (Phi) is 8.28. The second kappa shape index (κ2) is 11.2. The molecular weight excluding hydrogens is 542 g/mol. The molecule has 2 fully saturated rings. The highest BCUT2D eigenvalue weighted by atomic mass is 35.5. The maximum Gasteiger partial charge on any atom is 0.328 e. The molecule has 3 atom stereocenters. The second-order valence-corrected chi connectivity index (χ2v) is 12.8. The summed E-state index contributed by atoms with van der Waals surface area (Å²) in [6.07, 6.45) is 2.58. The number of urea groups is 1. The molecule has 0 radical (unpaired) electrons. The number of hydrogen-bond acceptors (Lipinski definition) is 6. The first kappa shape index (κ1) is 28.9. The molecule has 39 heavy (non-hydrogen) atoms. The Morgan fingerprint density at radius 3 is 2.31 bits per heavy atom. The monoisotopic (exact) mass is 575 g/mol. The first-order valence-electron chi connectivity index (χ1n) is 13.0. The molecular formula is C28H34ClN3O6S. The minimum Gasteiger partial charge on any atom is -0.467 e. The summed E-state index contributed by atoms with van der Waals surface area (Å²) in [7, 11) is -2.30. The van der Waals surface area contributed by atoms with E-state index in [1.807, 2.05) is 26.0 Å². The van der Waals surface area contributed by atoms with Crippen LogP contribution in [-0.4, -0.2) is 63.7 Å². The van der Waals surface area contributed by atoms with Crippen molar-refractivity contribution in [1.29, 1.82) is 0 Å². The van der Waals surface area contributed by atoms with Gasteiger partial charge in [-0.05, 0) is 48.6 Å². The van der Waals surface area contributed by atoms with Crippen LogP contribution in [0, 0.1) is 11.3 Å². The first-order valence-corrected chi connectivity index (χ1v) is 15.2. The number of ether oxygens (including phenoxy) is 1. The Morgan fingerprint density at radius 2 is 1.74 bits per heavy atom. The van der Waals surface area contributed by atoms with Gasteiger partial charge in [0.1, 0.15) is 6.04 Å². The lowest BCUT2D eigenvalue weighted by atomic mass is 9.62. The van der Waals surface area contributed by atoms with E-state index in [4.69, 9.17) is 16.3 Å². The van der Waals surface area contributed by atoms with Gasteiger partial charge in [-0.15, -0.1) is 0 Å². The van der Waals surface area contributed by atoms with E-state index in [9.17, 15) is 22.8 Å². The largest absolute Gasteiger partial charge is 0.467 e. The van der Waals surface area contributed by atoms with E-state index in [0.717, 1.165) is 11.8 Å². The summed E-state index contributed by atoms with van der Waals surface area (Å²) in [4.78, 5) is 42.5. The molecule has 0 saturated carbocycles. The number of likely N-dealkylation sites (tertiary alicyclic amines) is 1. The molecule has 2 saturated heterocycles. The molecule has 210 valence electrons. The van der Waals surface area contributed by atoms with Crippen LogP contribution in [0.3, 0.4) is 0 Å². The summed E-state index contributed by atoms with van der Waals surface area (Å²) in [6, 6.07) is 12.1. The van der Waals surface area contributed by atoms with E-state index in [1.54, 1.807) is 40.1 Å². The van der Waals surface area contributed by atoms with Crippen molar-refractivity contribution in [3.8, 4) is 0 Å². The lowest BCUT2D eigenvalue weighted by molar-refractivity contribution is -0.144. The van der Waals surface area contributed by atoms with Crippen LogP contribution in [0.25, 0.3) is 0 Å². The van der Waals surface area contributed by atoms with Crippen LogP contribution in [0.5, 0.6) is 0 Å².